The van der Waals surface area contributed by atoms with Gasteiger partial charge in [0, 0.05) is 29.5 Å². The molecule has 2 atom stereocenters. The number of aliphatic imine (C=N–C) groups is 1. The Bertz CT molecular complexity index is 1300. The molecule has 0 saturated carbocycles. The van der Waals surface area contributed by atoms with Crippen LogP contribution in [0.3, 0.4) is 0 Å². The number of esters is 2. The van der Waals surface area contributed by atoms with Gasteiger partial charge < -0.3 is 9.47 Å². The summed E-state index contributed by atoms with van der Waals surface area (Å²) >= 11 is 0.946. The highest BCUT2D eigenvalue weighted by atomic mass is 32.2. The number of nitro benzene ring substituents is 1. The topological polar surface area (TPSA) is 125 Å². The smallest absolute Gasteiger partial charge is 0.336 e. The highest BCUT2D eigenvalue weighted by molar-refractivity contribution is 8.14. The summed E-state index contributed by atoms with van der Waals surface area (Å²) in [7, 11) is 0. The molecule has 0 amide bonds. The van der Waals surface area contributed by atoms with E-state index in [2.05, 4.69) is 4.99 Å². The van der Waals surface area contributed by atoms with Crippen molar-refractivity contribution >= 4 is 46.3 Å². The molecule has 1 heterocycles. The molecule has 0 aromatic heterocycles. The summed E-state index contributed by atoms with van der Waals surface area (Å²) in [5, 5.41) is 11.2. The van der Waals surface area contributed by atoms with Crippen molar-refractivity contribution in [3.63, 3.8) is 0 Å². The molecular formula is C28H28N2O7S. The zero-order valence-corrected chi connectivity index (χ0v) is 22.1. The number of ether oxygens (including phenoxy) is 2. The maximum absolute atomic E-state index is 13.3. The van der Waals surface area contributed by atoms with Gasteiger partial charge in [0.05, 0.1) is 29.4 Å². The molecule has 3 rings (SSSR count). The normalized spacial score (nSPS) is 17.2. The first kappa shape index (κ1) is 28.5. The molecule has 2 aromatic rings. The van der Waals surface area contributed by atoms with E-state index in [1.54, 1.807) is 32.9 Å². The summed E-state index contributed by atoms with van der Waals surface area (Å²) in [5.41, 5.74) is 1.75. The van der Waals surface area contributed by atoms with Gasteiger partial charge in [-0.05, 0) is 38.0 Å². The number of nitro groups is 1. The first-order valence-corrected chi connectivity index (χ1v) is 13.0. The molecule has 0 fully saturated rings. The summed E-state index contributed by atoms with van der Waals surface area (Å²) in [6.07, 6.45) is 3.12. The molecule has 10 heteroatoms. The average molecular weight is 537 g/mol. The molecule has 0 radical (unpaired) electrons. The number of hydrogen-bond acceptors (Lipinski definition) is 9. The minimum Gasteiger partial charge on any atom is -0.465 e. The van der Waals surface area contributed by atoms with Crippen LogP contribution >= 0.6 is 11.8 Å². The van der Waals surface area contributed by atoms with Gasteiger partial charge in [0.1, 0.15) is 5.92 Å². The van der Waals surface area contributed by atoms with Crippen LogP contribution in [0.15, 0.2) is 76.9 Å². The molecular weight excluding hydrogens is 508 g/mol. The molecule has 0 saturated heterocycles. The Kier molecular flexibility index (Phi) is 10.1. The molecule has 1 aliphatic heterocycles. The Morgan fingerprint density at radius 3 is 2.42 bits per heavy atom. The molecule has 0 aliphatic carbocycles. The van der Waals surface area contributed by atoms with Gasteiger partial charge in [-0.2, -0.15) is 0 Å². The maximum Gasteiger partial charge on any atom is 0.336 e. The second kappa shape index (κ2) is 13.5. The van der Waals surface area contributed by atoms with Crippen LogP contribution < -0.4 is 0 Å². The van der Waals surface area contributed by atoms with Gasteiger partial charge >= 0.3 is 11.9 Å². The van der Waals surface area contributed by atoms with E-state index in [1.165, 1.54) is 24.3 Å². The minimum absolute atomic E-state index is 0.0322. The van der Waals surface area contributed by atoms with Crippen LogP contribution in [0.4, 0.5) is 5.69 Å². The summed E-state index contributed by atoms with van der Waals surface area (Å²) < 4.78 is 10.6. The number of benzene rings is 2. The van der Waals surface area contributed by atoms with Crippen molar-refractivity contribution in [3.05, 3.63) is 93.2 Å². The molecule has 0 N–H and O–H groups in total. The molecule has 2 aromatic carbocycles. The Balaban J connectivity index is 2.05. The zero-order valence-electron chi connectivity index (χ0n) is 21.3. The van der Waals surface area contributed by atoms with Gasteiger partial charge in [-0.15, -0.1) is 0 Å². The minimum atomic E-state index is -1.00. The van der Waals surface area contributed by atoms with Crippen molar-refractivity contribution in [2.24, 2.45) is 10.9 Å². The van der Waals surface area contributed by atoms with Crippen LogP contribution in [0, 0.1) is 16.0 Å². The third-order valence-electron chi connectivity index (χ3n) is 5.76. The summed E-state index contributed by atoms with van der Waals surface area (Å²) in [4.78, 5) is 54.4. The van der Waals surface area contributed by atoms with Crippen LogP contribution in [0.1, 0.15) is 37.8 Å². The van der Waals surface area contributed by atoms with Gasteiger partial charge in [-0.25, -0.2) is 4.79 Å². The summed E-state index contributed by atoms with van der Waals surface area (Å²) in [5.74, 6) is -3.24. The van der Waals surface area contributed by atoms with Crippen molar-refractivity contribution < 1.29 is 28.8 Å². The van der Waals surface area contributed by atoms with E-state index >= 15 is 0 Å². The van der Waals surface area contributed by atoms with Crippen molar-refractivity contribution in [2.75, 3.05) is 19.0 Å². The number of non-ortho nitro benzene ring substituents is 1. The number of carbonyl (C=O) groups excluding carboxylic acids is 3. The number of nitrogens with zero attached hydrogens (tertiary/aromatic N) is 2. The summed E-state index contributed by atoms with van der Waals surface area (Å²) in [6, 6.07) is 15.1. The monoisotopic (exact) mass is 536 g/mol. The van der Waals surface area contributed by atoms with E-state index in [0.29, 0.717) is 11.3 Å². The van der Waals surface area contributed by atoms with Crippen molar-refractivity contribution in [2.45, 2.75) is 26.7 Å². The molecule has 9 nitrogen and oxygen atoms in total. The zero-order chi connectivity index (χ0) is 27.7. The Morgan fingerprint density at radius 1 is 1.05 bits per heavy atom. The lowest BCUT2D eigenvalue weighted by Crippen LogP contribution is -2.37. The number of rotatable bonds is 10. The van der Waals surface area contributed by atoms with Crippen LogP contribution in [0.25, 0.3) is 6.08 Å². The van der Waals surface area contributed by atoms with Gasteiger partial charge in [-0.3, -0.25) is 24.7 Å². The quantitative estimate of drug-likeness (QED) is 0.177. The first-order valence-electron chi connectivity index (χ1n) is 12.0. The molecule has 38 heavy (non-hydrogen) atoms. The standard InChI is InChI=1S/C28H28N2O7S/c1-4-36-27(32)24-18(3)29-22(17-38-23(31)15-14-19-10-7-6-8-11-19)26(28(33)37-5-2)25(24)20-12-9-13-21(16-20)30(34)35/h6-16,24-25H,4-5,17H2,1-3H3. The van der Waals surface area contributed by atoms with Gasteiger partial charge in [-0.1, -0.05) is 60.3 Å². The summed E-state index contributed by atoms with van der Waals surface area (Å²) in [6.45, 7) is 5.11. The highest BCUT2D eigenvalue weighted by Gasteiger charge is 2.43. The van der Waals surface area contributed by atoms with Gasteiger partial charge in [0.15, 0.2) is 0 Å². The van der Waals surface area contributed by atoms with E-state index in [9.17, 15) is 24.5 Å². The third-order valence-corrected chi connectivity index (χ3v) is 6.59. The van der Waals surface area contributed by atoms with Crippen LogP contribution in [-0.2, 0) is 23.9 Å². The van der Waals surface area contributed by atoms with E-state index in [4.69, 9.17) is 9.47 Å². The predicted molar refractivity (Wildman–Crippen MR) is 146 cm³/mol. The second-order valence-electron chi connectivity index (χ2n) is 8.25. The molecule has 0 spiro atoms. The third kappa shape index (κ3) is 7.04. The molecule has 2 unspecified atom stereocenters. The Labute approximate surface area is 224 Å². The molecule has 1 aliphatic rings. The van der Waals surface area contributed by atoms with E-state index in [1.807, 2.05) is 30.3 Å². The van der Waals surface area contributed by atoms with Crippen molar-refractivity contribution in [1.29, 1.82) is 0 Å². The van der Waals surface area contributed by atoms with Crippen molar-refractivity contribution in [3.8, 4) is 0 Å². The fourth-order valence-corrected chi connectivity index (χ4v) is 4.80. The van der Waals surface area contributed by atoms with Crippen LogP contribution in [0.2, 0.25) is 0 Å². The number of carbonyl (C=O) groups is 3. The van der Waals surface area contributed by atoms with Gasteiger partial charge in [0.25, 0.3) is 5.69 Å². The fourth-order valence-electron chi connectivity index (χ4n) is 4.14. The fraction of sp³-hybridized carbons (Fsp3) is 0.286. The molecule has 198 valence electrons. The number of thioether (sulfide) groups is 1. The first-order chi connectivity index (χ1) is 18.3. The van der Waals surface area contributed by atoms with E-state index in [0.717, 1.165) is 17.3 Å². The highest BCUT2D eigenvalue weighted by Crippen LogP contribution is 2.41. The largest absolute Gasteiger partial charge is 0.465 e. The SMILES string of the molecule is CCOC(=O)C1=C(CSC(=O)C=Cc2ccccc2)N=C(C)C(C(=O)OCC)C1c1cccc([N+](=O)[O-])c1. The van der Waals surface area contributed by atoms with Crippen LogP contribution in [0.5, 0.6) is 0 Å². The van der Waals surface area contributed by atoms with Gasteiger partial charge in [0.2, 0.25) is 5.12 Å². The maximum atomic E-state index is 13.3. The van der Waals surface area contributed by atoms with E-state index in [-0.39, 0.29) is 41.0 Å². The second-order valence-corrected chi connectivity index (χ2v) is 9.22. The van der Waals surface area contributed by atoms with Crippen LogP contribution in [-0.4, -0.2) is 46.7 Å². The average Bonchev–Trinajstić information content (AvgIpc) is 2.91. The van der Waals surface area contributed by atoms with E-state index < -0.39 is 28.7 Å². The number of hydrogen-bond donors (Lipinski definition) is 0. The predicted octanol–water partition coefficient (Wildman–Crippen LogP) is 5.12. The Morgan fingerprint density at radius 2 is 1.76 bits per heavy atom. The lowest BCUT2D eigenvalue weighted by Gasteiger charge is -2.32. The molecule has 0 bridgehead atoms. The van der Waals surface area contributed by atoms with Crippen molar-refractivity contribution in [1.82, 2.24) is 0 Å². The Hall–Kier alpha value is -4.05. The lowest BCUT2D eigenvalue weighted by molar-refractivity contribution is -0.384. The lowest BCUT2D eigenvalue weighted by atomic mass is 9.75.